The predicted molar refractivity (Wildman–Crippen MR) is 71.6 cm³/mol. The number of carboxylic acids is 1. The zero-order chi connectivity index (χ0) is 14.4. The van der Waals surface area contributed by atoms with E-state index >= 15 is 0 Å². The molecular weight excluding hydrogens is 244 g/mol. The largest absolute Gasteiger partial charge is 0.548 e. The Bertz CT molecular complexity index is 441. The van der Waals surface area contributed by atoms with E-state index in [1.54, 1.807) is 26.0 Å². The Balaban J connectivity index is 2.61. The zero-order valence-corrected chi connectivity index (χ0v) is 11.4. The summed E-state index contributed by atoms with van der Waals surface area (Å²) in [4.78, 5) is 22.5. The van der Waals surface area contributed by atoms with Crippen LogP contribution in [0.3, 0.4) is 0 Å². The molecule has 104 valence electrons. The van der Waals surface area contributed by atoms with Crippen LogP contribution in [-0.2, 0) is 11.2 Å². The molecule has 0 radical (unpaired) electrons. The quantitative estimate of drug-likeness (QED) is 0.836. The Morgan fingerprint density at radius 3 is 2.21 bits per heavy atom. The standard InChI is InChI=1S/C14H20N2O3/c1-4-10-5-7-11(8-6-10)15-14(19)16-12(9(2)3)13(17)18/h5-9,12H,4H2,1-3H3,(H,17,18)(H2,15,16,19)/p-1/t12-/m0/s1. The number of rotatable bonds is 5. The lowest BCUT2D eigenvalue weighted by atomic mass is 10.1. The highest BCUT2D eigenvalue weighted by Crippen LogP contribution is 2.10. The van der Waals surface area contributed by atoms with E-state index in [1.807, 2.05) is 19.1 Å². The van der Waals surface area contributed by atoms with Crippen molar-refractivity contribution >= 4 is 17.7 Å². The van der Waals surface area contributed by atoms with Gasteiger partial charge in [-0.1, -0.05) is 32.9 Å². The fourth-order valence-electron chi connectivity index (χ4n) is 1.63. The zero-order valence-electron chi connectivity index (χ0n) is 11.4. The number of hydrogen-bond acceptors (Lipinski definition) is 3. The molecule has 0 aliphatic rings. The minimum absolute atomic E-state index is 0.238. The molecule has 0 heterocycles. The predicted octanol–water partition coefficient (Wildman–Crippen LogP) is 1.14. The van der Waals surface area contributed by atoms with Crippen LogP contribution in [0.25, 0.3) is 0 Å². The van der Waals surface area contributed by atoms with Gasteiger partial charge in [-0.3, -0.25) is 0 Å². The van der Waals surface area contributed by atoms with Crippen molar-refractivity contribution in [3.05, 3.63) is 29.8 Å². The summed E-state index contributed by atoms with van der Waals surface area (Å²) in [6.45, 7) is 5.45. The van der Waals surface area contributed by atoms with Crippen LogP contribution in [0.1, 0.15) is 26.3 Å². The summed E-state index contributed by atoms with van der Waals surface area (Å²) in [6, 6.07) is 5.83. The van der Waals surface area contributed by atoms with Crippen molar-refractivity contribution in [3.63, 3.8) is 0 Å². The third-order valence-corrected chi connectivity index (χ3v) is 2.83. The molecule has 19 heavy (non-hydrogen) atoms. The van der Waals surface area contributed by atoms with Gasteiger partial charge in [-0.2, -0.15) is 0 Å². The first-order valence-electron chi connectivity index (χ1n) is 6.31. The van der Waals surface area contributed by atoms with Gasteiger partial charge in [0.2, 0.25) is 0 Å². The van der Waals surface area contributed by atoms with Crippen LogP contribution in [0.4, 0.5) is 10.5 Å². The van der Waals surface area contributed by atoms with Gasteiger partial charge < -0.3 is 20.5 Å². The highest BCUT2D eigenvalue weighted by atomic mass is 16.4. The van der Waals surface area contributed by atoms with Crippen LogP contribution in [0.5, 0.6) is 0 Å². The number of amides is 2. The molecule has 0 spiro atoms. The normalized spacial score (nSPS) is 12.0. The number of nitrogens with one attached hydrogen (secondary N) is 2. The maximum absolute atomic E-state index is 11.7. The number of carbonyl (C=O) groups excluding carboxylic acids is 2. The smallest absolute Gasteiger partial charge is 0.319 e. The van der Waals surface area contributed by atoms with Gasteiger partial charge in [-0.25, -0.2) is 4.79 Å². The SMILES string of the molecule is CCc1ccc(NC(=O)N[C@H](C(=O)[O-])C(C)C)cc1. The van der Waals surface area contributed by atoms with Crippen LogP contribution in [0.15, 0.2) is 24.3 Å². The molecule has 5 nitrogen and oxygen atoms in total. The number of carboxylic acid groups (broad SMARTS) is 1. The maximum Gasteiger partial charge on any atom is 0.319 e. The van der Waals surface area contributed by atoms with E-state index in [4.69, 9.17) is 0 Å². The first kappa shape index (κ1) is 15.0. The number of carbonyl (C=O) groups is 2. The Morgan fingerprint density at radius 1 is 1.21 bits per heavy atom. The molecular formula is C14H19N2O3-. The number of hydrogen-bond donors (Lipinski definition) is 2. The van der Waals surface area contributed by atoms with Gasteiger partial charge in [0.05, 0.1) is 12.0 Å². The molecule has 0 unspecified atom stereocenters. The molecule has 0 fully saturated rings. The number of benzene rings is 1. The minimum Gasteiger partial charge on any atom is -0.548 e. The second kappa shape index (κ2) is 6.78. The van der Waals surface area contributed by atoms with Crippen molar-refractivity contribution in [2.24, 2.45) is 5.92 Å². The van der Waals surface area contributed by atoms with Crippen LogP contribution in [-0.4, -0.2) is 18.0 Å². The molecule has 2 N–H and O–H groups in total. The lowest BCUT2D eigenvalue weighted by molar-refractivity contribution is -0.309. The van der Waals surface area contributed by atoms with Gasteiger partial charge in [0, 0.05) is 5.69 Å². The van der Waals surface area contributed by atoms with Crippen LogP contribution >= 0.6 is 0 Å². The van der Waals surface area contributed by atoms with E-state index in [1.165, 1.54) is 5.56 Å². The fourth-order valence-corrected chi connectivity index (χ4v) is 1.63. The summed E-state index contributed by atoms with van der Waals surface area (Å²) in [5, 5.41) is 15.8. The van der Waals surface area contributed by atoms with E-state index < -0.39 is 18.0 Å². The van der Waals surface area contributed by atoms with E-state index in [-0.39, 0.29) is 5.92 Å². The van der Waals surface area contributed by atoms with Gasteiger partial charge in [-0.15, -0.1) is 0 Å². The molecule has 2 amide bonds. The van der Waals surface area contributed by atoms with Crippen molar-refractivity contribution in [1.82, 2.24) is 5.32 Å². The van der Waals surface area contributed by atoms with Crippen molar-refractivity contribution in [2.75, 3.05) is 5.32 Å². The van der Waals surface area contributed by atoms with Crippen molar-refractivity contribution in [2.45, 2.75) is 33.2 Å². The van der Waals surface area contributed by atoms with E-state index in [2.05, 4.69) is 10.6 Å². The number of anilines is 1. The Labute approximate surface area is 113 Å². The molecule has 1 aromatic carbocycles. The summed E-state index contributed by atoms with van der Waals surface area (Å²) in [6.07, 6.45) is 0.923. The van der Waals surface area contributed by atoms with Crippen molar-refractivity contribution in [1.29, 1.82) is 0 Å². The number of urea groups is 1. The Morgan fingerprint density at radius 2 is 1.79 bits per heavy atom. The molecule has 0 bridgehead atoms. The van der Waals surface area contributed by atoms with Gasteiger partial charge in [0.25, 0.3) is 0 Å². The summed E-state index contributed by atoms with van der Waals surface area (Å²) in [7, 11) is 0. The van der Waals surface area contributed by atoms with Crippen LogP contribution < -0.4 is 15.7 Å². The van der Waals surface area contributed by atoms with Crippen molar-refractivity contribution < 1.29 is 14.7 Å². The highest BCUT2D eigenvalue weighted by Gasteiger charge is 2.17. The third-order valence-electron chi connectivity index (χ3n) is 2.83. The lowest BCUT2D eigenvalue weighted by Crippen LogP contribution is -2.51. The molecule has 1 atom stereocenters. The Hall–Kier alpha value is -2.04. The van der Waals surface area contributed by atoms with E-state index in [9.17, 15) is 14.7 Å². The van der Waals surface area contributed by atoms with Crippen molar-refractivity contribution in [3.8, 4) is 0 Å². The number of aryl methyl sites for hydroxylation is 1. The van der Waals surface area contributed by atoms with E-state index in [0.717, 1.165) is 6.42 Å². The van der Waals surface area contributed by atoms with Gasteiger partial charge in [0.15, 0.2) is 0 Å². The van der Waals surface area contributed by atoms with E-state index in [0.29, 0.717) is 5.69 Å². The monoisotopic (exact) mass is 263 g/mol. The molecule has 5 heteroatoms. The summed E-state index contributed by atoms with van der Waals surface area (Å²) in [5.41, 5.74) is 1.79. The second-order valence-corrected chi connectivity index (χ2v) is 4.69. The summed E-state index contributed by atoms with van der Waals surface area (Å²) < 4.78 is 0. The summed E-state index contributed by atoms with van der Waals surface area (Å²) in [5.74, 6) is -1.52. The molecule has 0 aromatic heterocycles. The second-order valence-electron chi connectivity index (χ2n) is 4.69. The highest BCUT2D eigenvalue weighted by molar-refractivity contribution is 5.92. The minimum atomic E-state index is -1.29. The molecule has 0 aliphatic carbocycles. The third kappa shape index (κ3) is 4.62. The van der Waals surface area contributed by atoms with Gasteiger partial charge >= 0.3 is 6.03 Å². The maximum atomic E-state index is 11.7. The van der Waals surface area contributed by atoms with Crippen LogP contribution in [0.2, 0.25) is 0 Å². The summed E-state index contributed by atoms with van der Waals surface area (Å²) >= 11 is 0. The molecule has 0 saturated carbocycles. The first-order chi connectivity index (χ1) is 8.93. The molecule has 0 saturated heterocycles. The Kier molecular flexibility index (Phi) is 5.36. The molecule has 0 aliphatic heterocycles. The topological polar surface area (TPSA) is 81.3 Å². The number of aliphatic carboxylic acids is 1. The van der Waals surface area contributed by atoms with Gasteiger partial charge in [0.1, 0.15) is 0 Å². The lowest BCUT2D eigenvalue weighted by Gasteiger charge is -2.23. The van der Waals surface area contributed by atoms with Gasteiger partial charge in [-0.05, 0) is 30.0 Å². The molecule has 1 aromatic rings. The molecule has 1 rings (SSSR count). The fraction of sp³-hybridized carbons (Fsp3) is 0.429. The first-order valence-corrected chi connectivity index (χ1v) is 6.31. The average Bonchev–Trinajstić information content (AvgIpc) is 2.36. The average molecular weight is 263 g/mol. The van der Waals surface area contributed by atoms with Crippen LogP contribution in [0, 0.1) is 5.92 Å².